The molecule has 1 heterocycles. The van der Waals surface area contributed by atoms with E-state index in [1.807, 2.05) is 81.4 Å². The molecular formula is C34H36ClN3O4S. The van der Waals surface area contributed by atoms with Gasteiger partial charge in [0.15, 0.2) is 0 Å². The van der Waals surface area contributed by atoms with Gasteiger partial charge >= 0.3 is 0 Å². The molecule has 7 nitrogen and oxygen atoms in total. The van der Waals surface area contributed by atoms with E-state index in [-0.39, 0.29) is 42.6 Å². The zero-order chi connectivity index (χ0) is 30.8. The van der Waals surface area contributed by atoms with Crippen molar-refractivity contribution in [3.05, 3.63) is 107 Å². The van der Waals surface area contributed by atoms with E-state index < -0.39 is 21.6 Å². The number of carbonyl (C=O) groups excluding carboxylic acids is 2. The molecule has 5 rings (SSSR count). The summed E-state index contributed by atoms with van der Waals surface area (Å²) in [4.78, 5) is 29.7. The van der Waals surface area contributed by atoms with Crippen molar-refractivity contribution in [3.63, 3.8) is 0 Å². The number of carbonyl (C=O) groups is 2. The van der Waals surface area contributed by atoms with Gasteiger partial charge in [0, 0.05) is 41.9 Å². The van der Waals surface area contributed by atoms with Gasteiger partial charge < -0.3 is 10.2 Å². The zero-order valence-electron chi connectivity index (χ0n) is 24.6. The van der Waals surface area contributed by atoms with Crippen molar-refractivity contribution >= 4 is 49.9 Å². The number of nitrogens with one attached hydrogen (secondary N) is 1. The summed E-state index contributed by atoms with van der Waals surface area (Å²) in [5.41, 5.74) is 1.85. The van der Waals surface area contributed by atoms with E-state index in [0.717, 1.165) is 16.5 Å². The Morgan fingerprint density at radius 1 is 0.907 bits per heavy atom. The largest absolute Gasteiger partial charge is 0.350 e. The van der Waals surface area contributed by atoms with Gasteiger partial charge in [0.25, 0.3) is 10.0 Å². The molecule has 0 saturated carbocycles. The Bertz CT molecular complexity index is 1750. The molecule has 1 aliphatic rings. The Kier molecular flexibility index (Phi) is 8.81. The average Bonchev–Trinajstić information content (AvgIpc) is 3.17. The van der Waals surface area contributed by atoms with E-state index in [4.69, 9.17) is 11.6 Å². The van der Waals surface area contributed by atoms with Crippen LogP contribution >= 0.6 is 11.6 Å². The first kappa shape index (κ1) is 30.6. The molecule has 0 saturated heterocycles. The highest BCUT2D eigenvalue weighted by atomic mass is 35.5. The lowest BCUT2D eigenvalue weighted by Crippen LogP contribution is -2.54. The number of hydrogen-bond acceptors (Lipinski definition) is 4. The topological polar surface area (TPSA) is 86.8 Å². The average molecular weight is 618 g/mol. The molecule has 1 N–H and O–H groups in total. The first-order chi connectivity index (χ1) is 20.4. The Labute approximate surface area is 258 Å². The third kappa shape index (κ3) is 6.86. The number of rotatable bonds is 10. The minimum atomic E-state index is -3.73. The molecule has 0 bridgehead atoms. The van der Waals surface area contributed by atoms with Gasteiger partial charge in [-0.3, -0.25) is 13.9 Å². The zero-order valence-corrected chi connectivity index (χ0v) is 26.2. The first-order valence-electron chi connectivity index (χ1n) is 14.4. The molecule has 0 radical (unpaired) electrons. The maximum Gasteiger partial charge on any atom is 0.265 e. The fourth-order valence-electron chi connectivity index (χ4n) is 5.56. The summed E-state index contributed by atoms with van der Waals surface area (Å²) in [6.45, 7) is 6.04. The highest BCUT2D eigenvalue weighted by Gasteiger charge is 2.36. The molecule has 2 amide bonds. The third-order valence-corrected chi connectivity index (χ3v) is 9.53. The summed E-state index contributed by atoms with van der Waals surface area (Å²) in [5, 5.41) is 5.17. The standard InChI is InChI=1S/C34H36ClN3O4S/c1-34(2,3)36-33(40)29(22-24-11-5-4-6-12-24)37(23-25-13-7-16-27(35)21-25)31(39)19-10-20-38-28-17-8-14-26-15-9-18-30(32(26)28)43(38,41)42/h4-9,11-18,21,29H,10,19-20,22-23H2,1-3H3,(H,36,40)/t29-/m1/s1. The molecular weight excluding hydrogens is 582 g/mol. The molecule has 0 fully saturated rings. The van der Waals surface area contributed by atoms with Crippen molar-refractivity contribution in [3.8, 4) is 0 Å². The van der Waals surface area contributed by atoms with Crippen LogP contribution in [0.4, 0.5) is 5.69 Å². The molecule has 4 aromatic carbocycles. The van der Waals surface area contributed by atoms with Crippen LogP contribution in [0, 0.1) is 0 Å². The SMILES string of the molecule is CC(C)(C)NC(=O)[C@@H](Cc1ccccc1)N(Cc1cccc(Cl)c1)C(=O)CCCN1c2cccc3cccc(c23)S1(=O)=O. The summed E-state index contributed by atoms with van der Waals surface area (Å²) in [5.74, 6) is -0.492. The van der Waals surface area contributed by atoms with Crippen LogP contribution in [0.25, 0.3) is 10.8 Å². The van der Waals surface area contributed by atoms with Gasteiger partial charge in [0.05, 0.1) is 10.6 Å². The van der Waals surface area contributed by atoms with E-state index in [2.05, 4.69) is 5.32 Å². The fraction of sp³-hybridized carbons (Fsp3) is 0.294. The number of benzene rings is 4. The van der Waals surface area contributed by atoms with Gasteiger partial charge in [-0.15, -0.1) is 0 Å². The first-order valence-corrected chi connectivity index (χ1v) is 16.2. The monoisotopic (exact) mass is 617 g/mol. The lowest BCUT2D eigenvalue weighted by atomic mass is 10.00. The maximum absolute atomic E-state index is 14.0. The van der Waals surface area contributed by atoms with Gasteiger partial charge in [-0.25, -0.2) is 8.42 Å². The number of amides is 2. The Balaban J connectivity index is 1.41. The predicted octanol–water partition coefficient (Wildman–Crippen LogP) is 6.34. The quantitative estimate of drug-likeness (QED) is 0.225. The Hall–Kier alpha value is -3.88. The van der Waals surface area contributed by atoms with Crippen LogP contribution in [-0.2, 0) is 32.6 Å². The number of hydrogen-bond donors (Lipinski definition) is 1. The van der Waals surface area contributed by atoms with Gasteiger partial charge in [0.1, 0.15) is 6.04 Å². The highest BCUT2D eigenvalue weighted by Crippen LogP contribution is 2.42. The second-order valence-electron chi connectivity index (χ2n) is 11.9. The number of nitrogens with zero attached hydrogens (tertiary/aromatic N) is 2. The minimum absolute atomic E-state index is 0.0625. The number of sulfonamides is 1. The molecule has 1 aliphatic heterocycles. The molecule has 43 heavy (non-hydrogen) atoms. The molecule has 224 valence electrons. The van der Waals surface area contributed by atoms with Crippen LogP contribution in [0.5, 0.6) is 0 Å². The number of anilines is 1. The van der Waals surface area contributed by atoms with Gasteiger partial charge in [0.2, 0.25) is 11.8 Å². The van der Waals surface area contributed by atoms with Crippen LogP contribution in [0.1, 0.15) is 44.7 Å². The highest BCUT2D eigenvalue weighted by molar-refractivity contribution is 7.93. The van der Waals surface area contributed by atoms with E-state index >= 15 is 0 Å². The molecule has 4 aromatic rings. The normalized spacial score (nSPS) is 14.5. The smallest absolute Gasteiger partial charge is 0.265 e. The molecule has 9 heteroatoms. The molecule has 0 unspecified atom stereocenters. The van der Waals surface area contributed by atoms with Gasteiger partial charge in [-0.05, 0) is 68.0 Å². The summed E-state index contributed by atoms with van der Waals surface area (Å²) in [7, 11) is -3.73. The summed E-state index contributed by atoms with van der Waals surface area (Å²) in [6.07, 6.45) is 0.674. The maximum atomic E-state index is 14.0. The van der Waals surface area contributed by atoms with E-state index in [9.17, 15) is 18.0 Å². The Morgan fingerprint density at radius 3 is 2.28 bits per heavy atom. The molecule has 1 atom stereocenters. The number of halogens is 1. The lowest BCUT2D eigenvalue weighted by molar-refractivity contribution is -0.142. The molecule has 0 aromatic heterocycles. The van der Waals surface area contributed by atoms with Crippen molar-refractivity contribution in [2.75, 3.05) is 10.8 Å². The summed E-state index contributed by atoms with van der Waals surface area (Å²) in [6, 6.07) is 26.9. The van der Waals surface area contributed by atoms with Crippen molar-refractivity contribution in [1.82, 2.24) is 10.2 Å². The van der Waals surface area contributed by atoms with Crippen molar-refractivity contribution in [2.45, 2.75) is 63.1 Å². The van der Waals surface area contributed by atoms with Crippen molar-refractivity contribution in [2.24, 2.45) is 0 Å². The molecule has 0 spiro atoms. The Morgan fingerprint density at radius 2 is 1.58 bits per heavy atom. The molecule has 0 aliphatic carbocycles. The van der Waals surface area contributed by atoms with Crippen LogP contribution < -0.4 is 9.62 Å². The van der Waals surface area contributed by atoms with Crippen LogP contribution in [0.2, 0.25) is 5.02 Å². The second-order valence-corrected chi connectivity index (χ2v) is 14.2. The predicted molar refractivity (Wildman–Crippen MR) is 172 cm³/mol. The fourth-order valence-corrected chi connectivity index (χ4v) is 7.52. The van der Waals surface area contributed by atoms with E-state index in [1.54, 1.807) is 35.2 Å². The van der Waals surface area contributed by atoms with Crippen molar-refractivity contribution in [1.29, 1.82) is 0 Å². The van der Waals surface area contributed by atoms with E-state index in [0.29, 0.717) is 22.5 Å². The lowest BCUT2D eigenvalue weighted by Gasteiger charge is -2.34. The summed E-state index contributed by atoms with van der Waals surface area (Å²) < 4.78 is 28.3. The van der Waals surface area contributed by atoms with Gasteiger partial charge in [-0.2, -0.15) is 0 Å². The van der Waals surface area contributed by atoms with Crippen LogP contribution in [0.15, 0.2) is 95.9 Å². The van der Waals surface area contributed by atoms with Gasteiger partial charge in [-0.1, -0.05) is 78.3 Å². The van der Waals surface area contributed by atoms with Crippen molar-refractivity contribution < 1.29 is 18.0 Å². The minimum Gasteiger partial charge on any atom is -0.350 e. The van der Waals surface area contributed by atoms with Crippen LogP contribution in [0.3, 0.4) is 0 Å². The summed E-state index contributed by atoms with van der Waals surface area (Å²) >= 11 is 6.28. The van der Waals surface area contributed by atoms with Crippen LogP contribution in [-0.4, -0.2) is 43.3 Å². The second kappa shape index (κ2) is 12.4. The third-order valence-electron chi connectivity index (χ3n) is 7.44. The van der Waals surface area contributed by atoms with E-state index in [1.165, 1.54) is 4.31 Å².